The van der Waals surface area contributed by atoms with Crippen molar-refractivity contribution in [2.45, 2.75) is 45.6 Å². The van der Waals surface area contributed by atoms with Gasteiger partial charge in [-0.25, -0.2) is 4.79 Å². The third-order valence-electron chi connectivity index (χ3n) is 2.78. The van der Waals surface area contributed by atoms with Gasteiger partial charge in [0, 0.05) is 0 Å². The second-order valence-corrected chi connectivity index (χ2v) is 5.59. The number of hydrogen-bond donors (Lipinski definition) is 0. The normalized spacial score (nSPS) is 12.1. The van der Waals surface area contributed by atoms with Crippen LogP contribution in [0.1, 0.15) is 45.7 Å². The second kappa shape index (κ2) is 4.23. The lowest BCUT2D eigenvalue weighted by Crippen LogP contribution is -2.15. The second-order valence-electron chi connectivity index (χ2n) is 5.59. The molecule has 86 valence electrons. The molecule has 0 aromatic heterocycles. The van der Waals surface area contributed by atoms with Crippen molar-refractivity contribution in [3.05, 3.63) is 35.4 Å². The molecule has 0 aliphatic heterocycles. The molecule has 0 spiro atoms. The first-order chi connectivity index (χ1) is 7.27. The summed E-state index contributed by atoms with van der Waals surface area (Å²) in [5.41, 5.74) is 1.97. The van der Waals surface area contributed by atoms with E-state index in [1.165, 1.54) is 5.56 Å². The van der Waals surface area contributed by atoms with Gasteiger partial charge in [-0.1, -0.05) is 45.0 Å². The molecule has 2 nitrogen and oxygen atoms in total. The van der Waals surface area contributed by atoms with Crippen molar-refractivity contribution >= 4 is 6.08 Å². The van der Waals surface area contributed by atoms with Crippen LogP contribution in [-0.4, -0.2) is 6.08 Å². The molecule has 1 rings (SSSR count). The van der Waals surface area contributed by atoms with E-state index in [-0.39, 0.29) is 5.41 Å². The minimum Gasteiger partial charge on any atom is -0.211 e. The standard InChI is InChI=1S/C14H19NO/c1-13(2,3)11-6-8-12(9-7-11)14(4,5)15-10-16/h6-9H,1-5H3. The summed E-state index contributed by atoms with van der Waals surface area (Å²) in [6, 6.07) is 8.25. The van der Waals surface area contributed by atoms with E-state index < -0.39 is 5.54 Å². The fraction of sp³-hybridized carbons (Fsp3) is 0.500. The van der Waals surface area contributed by atoms with E-state index in [1.54, 1.807) is 6.08 Å². The molecule has 2 heteroatoms. The smallest absolute Gasteiger partial charge is 0.211 e. The molecule has 0 unspecified atom stereocenters. The number of hydrogen-bond acceptors (Lipinski definition) is 2. The van der Waals surface area contributed by atoms with Crippen LogP contribution in [0.4, 0.5) is 0 Å². The highest BCUT2D eigenvalue weighted by Crippen LogP contribution is 2.28. The van der Waals surface area contributed by atoms with Crippen molar-refractivity contribution in [1.29, 1.82) is 0 Å². The molecule has 1 aromatic rings. The van der Waals surface area contributed by atoms with Gasteiger partial charge in [0.2, 0.25) is 6.08 Å². The molecule has 16 heavy (non-hydrogen) atoms. The fourth-order valence-electron chi connectivity index (χ4n) is 1.56. The molecule has 0 fully saturated rings. The Morgan fingerprint density at radius 2 is 1.38 bits per heavy atom. The summed E-state index contributed by atoms with van der Waals surface area (Å²) in [4.78, 5) is 14.1. The molecule has 0 radical (unpaired) electrons. The van der Waals surface area contributed by atoms with E-state index in [1.807, 2.05) is 26.0 Å². The zero-order valence-corrected chi connectivity index (χ0v) is 10.7. The molecule has 0 saturated heterocycles. The monoisotopic (exact) mass is 217 g/mol. The quantitative estimate of drug-likeness (QED) is 0.550. The lowest BCUT2D eigenvalue weighted by atomic mass is 9.85. The molecule has 0 N–H and O–H groups in total. The Kier molecular flexibility index (Phi) is 3.35. The fourth-order valence-corrected chi connectivity index (χ4v) is 1.56. The van der Waals surface area contributed by atoms with Crippen LogP contribution < -0.4 is 0 Å². The zero-order valence-electron chi connectivity index (χ0n) is 10.7. The van der Waals surface area contributed by atoms with Crippen molar-refractivity contribution in [2.24, 2.45) is 4.99 Å². The third kappa shape index (κ3) is 2.80. The summed E-state index contributed by atoms with van der Waals surface area (Å²) in [5, 5.41) is 0. The highest BCUT2D eigenvalue weighted by molar-refractivity contribution is 5.38. The number of isocyanates is 1. The summed E-state index contributed by atoms with van der Waals surface area (Å²) < 4.78 is 0. The first-order valence-corrected chi connectivity index (χ1v) is 5.47. The molecule has 0 saturated carbocycles. The predicted molar refractivity (Wildman–Crippen MR) is 66.3 cm³/mol. The molecule has 0 aliphatic carbocycles. The molecule has 1 aromatic carbocycles. The number of nitrogens with zero attached hydrogens (tertiary/aromatic N) is 1. The summed E-state index contributed by atoms with van der Waals surface area (Å²) >= 11 is 0. The Labute approximate surface area is 97.4 Å². The highest BCUT2D eigenvalue weighted by Gasteiger charge is 2.20. The predicted octanol–water partition coefficient (Wildman–Crippen LogP) is 3.56. The van der Waals surface area contributed by atoms with Crippen LogP contribution in [0.5, 0.6) is 0 Å². The van der Waals surface area contributed by atoms with E-state index in [0.29, 0.717) is 0 Å². The van der Waals surface area contributed by atoms with Gasteiger partial charge in [0.25, 0.3) is 0 Å². The minimum atomic E-state index is -0.488. The lowest BCUT2D eigenvalue weighted by molar-refractivity contribution is 0.521. The Balaban J connectivity index is 3.09. The Bertz CT molecular complexity index is 403. The van der Waals surface area contributed by atoms with Crippen LogP contribution in [-0.2, 0) is 15.7 Å². The zero-order chi connectivity index (χ0) is 12.4. The molecule has 0 bridgehead atoms. The first kappa shape index (κ1) is 12.7. The van der Waals surface area contributed by atoms with Crippen molar-refractivity contribution in [3.63, 3.8) is 0 Å². The van der Waals surface area contributed by atoms with Gasteiger partial charge in [0.15, 0.2) is 0 Å². The van der Waals surface area contributed by atoms with Crippen LogP contribution in [0, 0.1) is 0 Å². The number of benzene rings is 1. The van der Waals surface area contributed by atoms with Gasteiger partial charge < -0.3 is 0 Å². The number of aliphatic imine (C=N–C) groups is 1. The van der Waals surface area contributed by atoms with Crippen LogP contribution in [0.25, 0.3) is 0 Å². The number of carbonyl (C=O) groups excluding carboxylic acids is 1. The Morgan fingerprint density at radius 1 is 0.938 bits per heavy atom. The molecular formula is C14H19NO. The molecule has 0 amide bonds. The third-order valence-corrected chi connectivity index (χ3v) is 2.78. The topological polar surface area (TPSA) is 29.4 Å². The summed E-state index contributed by atoms with van der Waals surface area (Å²) in [6.45, 7) is 10.3. The van der Waals surface area contributed by atoms with E-state index in [9.17, 15) is 4.79 Å². The maximum absolute atomic E-state index is 10.3. The summed E-state index contributed by atoms with van der Waals surface area (Å²) in [5.74, 6) is 0. The van der Waals surface area contributed by atoms with Gasteiger partial charge in [0.1, 0.15) is 0 Å². The van der Waals surface area contributed by atoms with Crippen molar-refractivity contribution in [2.75, 3.05) is 0 Å². The molecular weight excluding hydrogens is 198 g/mol. The van der Waals surface area contributed by atoms with E-state index >= 15 is 0 Å². The van der Waals surface area contributed by atoms with Gasteiger partial charge in [-0.2, -0.15) is 4.99 Å². The van der Waals surface area contributed by atoms with Gasteiger partial charge in [-0.3, -0.25) is 0 Å². The molecule has 0 heterocycles. The van der Waals surface area contributed by atoms with Crippen molar-refractivity contribution in [3.8, 4) is 0 Å². The van der Waals surface area contributed by atoms with E-state index in [0.717, 1.165) is 5.56 Å². The maximum Gasteiger partial charge on any atom is 0.235 e. The van der Waals surface area contributed by atoms with E-state index in [2.05, 4.69) is 37.9 Å². The Hall–Kier alpha value is -1.40. The average molecular weight is 217 g/mol. The van der Waals surface area contributed by atoms with E-state index in [4.69, 9.17) is 0 Å². The molecule has 0 atom stereocenters. The maximum atomic E-state index is 10.3. The van der Waals surface area contributed by atoms with Crippen molar-refractivity contribution in [1.82, 2.24) is 0 Å². The minimum absolute atomic E-state index is 0.149. The SMILES string of the molecule is CC(C)(C)c1ccc(C(C)(C)N=C=O)cc1. The van der Waals surface area contributed by atoms with Gasteiger partial charge in [-0.05, 0) is 30.4 Å². The largest absolute Gasteiger partial charge is 0.235 e. The lowest BCUT2D eigenvalue weighted by Gasteiger charge is -2.22. The average Bonchev–Trinajstić information content (AvgIpc) is 2.16. The van der Waals surface area contributed by atoms with Gasteiger partial charge in [-0.15, -0.1) is 0 Å². The Morgan fingerprint density at radius 3 is 1.75 bits per heavy atom. The number of rotatable bonds is 2. The van der Waals surface area contributed by atoms with Crippen LogP contribution in [0.3, 0.4) is 0 Å². The van der Waals surface area contributed by atoms with Crippen LogP contribution in [0.2, 0.25) is 0 Å². The highest BCUT2D eigenvalue weighted by atomic mass is 16.1. The van der Waals surface area contributed by atoms with Crippen LogP contribution in [0.15, 0.2) is 29.3 Å². The summed E-state index contributed by atoms with van der Waals surface area (Å²) in [6.07, 6.45) is 1.63. The van der Waals surface area contributed by atoms with Gasteiger partial charge >= 0.3 is 0 Å². The summed E-state index contributed by atoms with van der Waals surface area (Å²) in [7, 11) is 0. The first-order valence-electron chi connectivity index (χ1n) is 5.47. The van der Waals surface area contributed by atoms with Gasteiger partial charge in [0.05, 0.1) is 5.54 Å². The van der Waals surface area contributed by atoms with Crippen LogP contribution >= 0.6 is 0 Å². The van der Waals surface area contributed by atoms with Crippen molar-refractivity contribution < 1.29 is 4.79 Å². The molecule has 0 aliphatic rings.